The molecule has 0 bridgehead atoms. The summed E-state index contributed by atoms with van der Waals surface area (Å²) in [5, 5.41) is 19.4. The van der Waals surface area contributed by atoms with Crippen molar-refractivity contribution in [3.63, 3.8) is 0 Å². The van der Waals surface area contributed by atoms with Crippen molar-refractivity contribution >= 4 is 51.8 Å². The van der Waals surface area contributed by atoms with Gasteiger partial charge in [-0.3, -0.25) is 9.59 Å². The summed E-state index contributed by atoms with van der Waals surface area (Å²) in [5.74, 6) is -0.496. The minimum absolute atomic E-state index is 0.186. The van der Waals surface area contributed by atoms with Crippen LogP contribution >= 0.6 is 11.6 Å². The highest BCUT2D eigenvalue weighted by Gasteiger charge is 2.61. The predicted molar refractivity (Wildman–Crippen MR) is 153 cm³/mol. The second-order valence-electron chi connectivity index (χ2n) is 9.51. The molecule has 40 heavy (non-hydrogen) atoms. The average molecular weight is 551 g/mol. The van der Waals surface area contributed by atoms with Gasteiger partial charge in [0.25, 0.3) is 5.91 Å². The predicted octanol–water partition coefficient (Wildman–Crippen LogP) is 4.14. The number of hydrogen-bond donors (Lipinski definition) is 3. The van der Waals surface area contributed by atoms with E-state index in [2.05, 4.69) is 31.1 Å². The Hall–Kier alpha value is -5.09. The number of rotatable bonds is 7. The number of benzene rings is 3. The molecule has 5 aromatic rings. The summed E-state index contributed by atoms with van der Waals surface area (Å²) in [7, 11) is 0. The van der Waals surface area contributed by atoms with E-state index in [1.807, 2.05) is 48.5 Å². The van der Waals surface area contributed by atoms with Gasteiger partial charge in [-0.05, 0) is 76.3 Å². The highest BCUT2D eigenvalue weighted by molar-refractivity contribution is 6.30. The number of nitrogen functional groups attached to an aromatic ring is 1. The number of carbonyl (C=O) groups excluding carboxylic acids is 2. The summed E-state index contributed by atoms with van der Waals surface area (Å²) in [6.45, 7) is 0. The van der Waals surface area contributed by atoms with Crippen LogP contribution in [0.15, 0.2) is 91.4 Å². The normalized spacial score (nSPS) is 18.1. The first-order valence-electron chi connectivity index (χ1n) is 12.5. The van der Waals surface area contributed by atoms with Crippen LogP contribution in [0.1, 0.15) is 23.5 Å². The van der Waals surface area contributed by atoms with Crippen LogP contribution in [0.4, 0.5) is 11.5 Å². The molecule has 1 unspecified atom stereocenters. The van der Waals surface area contributed by atoms with E-state index in [1.165, 1.54) is 17.1 Å². The van der Waals surface area contributed by atoms with Gasteiger partial charge in [-0.2, -0.15) is 4.68 Å². The summed E-state index contributed by atoms with van der Waals surface area (Å²) in [6, 6.07) is 22.1. The van der Waals surface area contributed by atoms with Gasteiger partial charge in [-0.1, -0.05) is 41.9 Å². The van der Waals surface area contributed by atoms with Gasteiger partial charge in [-0.15, -0.1) is 5.10 Å². The molecular formula is C29H23ClN8O2. The molecule has 4 N–H and O–H groups in total. The minimum Gasteiger partial charge on any atom is -0.383 e. The van der Waals surface area contributed by atoms with E-state index < -0.39 is 11.4 Å². The molecule has 2 atom stereocenters. The van der Waals surface area contributed by atoms with E-state index in [0.29, 0.717) is 34.2 Å². The fraction of sp³-hybridized carbons (Fsp3) is 0.103. The lowest BCUT2D eigenvalue weighted by molar-refractivity contribution is -0.124. The lowest BCUT2D eigenvalue weighted by atomic mass is 10.0. The van der Waals surface area contributed by atoms with Crippen LogP contribution in [0.3, 0.4) is 0 Å². The van der Waals surface area contributed by atoms with Crippen LogP contribution in [0.2, 0.25) is 5.02 Å². The summed E-state index contributed by atoms with van der Waals surface area (Å²) < 4.78 is 1.47. The molecule has 2 heterocycles. The second-order valence-corrected chi connectivity index (χ2v) is 9.94. The molecule has 3 aromatic carbocycles. The van der Waals surface area contributed by atoms with Crippen molar-refractivity contribution in [2.75, 3.05) is 11.1 Å². The summed E-state index contributed by atoms with van der Waals surface area (Å²) in [4.78, 5) is 31.0. The summed E-state index contributed by atoms with van der Waals surface area (Å²) >= 11 is 6.20. The zero-order valence-corrected chi connectivity index (χ0v) is 21.8. The third-order valence-electron chi connectivity index (χ3n) is 6.97. The molecule has 0 radical (unpaired) electrons. The van der Waals surface area contributed by atoms with E-state index in [-0.39, 0.29) is 11.8 Å². The first-order valence-corrected chi connectivity index (χ1v) is 12.8. The van der Waals surface area contributed by atoms with Gasteiger partial charge in [0.2, 0.25) is 5.91 Å². The van der Waals surface area contributed by atoms with Gasteiger partial charge in [0, 0.05) is 39.9 Å². The largest absolute Gasteiger partial charge is 0.383 e. The molecule has 1 saturated carbocycles. The lowest BCUT2D eigenvalue weighted by Crippen LogP contribution is -2.47. The zero-order valence-electron chi connectivity index (χ0n) is 21.0. The number of aromatic nitrogens is 5. The number of halogens is 1. The van der Waals surface area contributed by atoms with Gasteiger partial charge in [-0.25, -0.2) is 4.98 Å². The number of amides is 2. The molecule has 198 valence electrons. The Labute approximate surface area is 233 Å². The summed E-state index contributed by atoms with van der Waals surface area (Å²) in [6.07, 6.45) is 6.52. The number of nitrogens with one attached hydrogen (secondary N) is 2. The Kier molecular flexibility index (Phi) is 6.45. The number of tetrazole rings is 1. The minimum atomic E-state index is -1.12. The van der Waals surface area contributed by atoms with E-state index in [0.717, 1.165) is 16.3 Å². The second kappa shape index (κ2) is 10.2. The van der Waals surface area contributed by atoms with Crippen molar-refractivity contribution in [2.24, 2.45) is 0 Å². The number of carbonyl (C=O) groups is 2. The van der Waals surface area contributed by atoms with Gasteiger partial charge in [0.15, 0.2) is 0 Å². The standard InChI is InChI=1S/C29H23ClN8O2/c30-21-7-10-25(38-17-33-36-37-38)20(14-21)6-11-26(39)35-29(16-24(29)18-4-2-1-3-5-18)28(40)34-22-8-9-23-19(15-22)12-13-32-27(23)31/h1-15,17,24H,16H2,(H2,31,32)(H,34,40)(H,35,39)/b11-6+/t24-,29?/m0/s1. The molecule has 2 aromatic heterocycles. The average Bonchev–Trinajstić information content (AvgIpc) is 3.42. The number of nitrogens with zero attached hydrogens (tertiary/aromatic N) is 5. The van der Waals surface area contributed by atoms with Crippen molar-refractivity contribution in [1.82, 2.24) is 30.5 Å². The molecule has 11 heteroatoms. The molecule has 0 spiro atoms. The first kappa shape index (κ1) is 25.2. The number of anilines is 2. The molecule has 1 fully saturated rings. The van der Waals surface area contributed by atoms with E-state index in [1.54, 1.807) is 36.5 Å². The van der Waals surface area contributed by atoms with Crippen LogP contribution < -0.4 is 16.4 Å². The van der Waals surface area contributed by atoms with Crippen LogP contribution in [0, 0.1) is 0 Å². The van der Waals surface area contributed by atoms with Crippen LogP contribution in [-0.4, -0.2) is 42.5 Å². The Balaban J connectivity index is 1.26. The quantitative estimate of drug-likeness (QED) is 0.259. The van der Waals surface area contributed by atoms with Crippen molar-refractivity contribution < 1.29 is 9.59 Å². The number of nitrogens with two attached hydrogens (primary N) is 1. The summed E-state index contributed by atoms with van der Waals surface area (Å²) in [5.41, 5.74) is 7.69. The molecule has 1 aliphatic carbocycles. The molecular weight excluding hydrogens is 528 g/mol. The van der Waals surface area contributed by atoms with E-state index >= 15 is 0 Å². The molecule has 2 amide bonds. The Bertz CT molecular complexity index is 1760. The van der Waals surface area contributed by atoms with Crippen molar-refractivity contribution in [3.05, 3.63) is 108 Å². The lowest BCUT2D eigenvalue weighted by Gasteiger charge is -2.19. The van der Waals surface area contributed by atoms with Crippen molar-refractivity contribution in [3.8, 4) is 5.69 Å². The highest BCUT2D eigenvalue weighted by atomic mass is 35.5. The SMILES string of the molecule is Nc1nccc2cc(NC(=O)C3(NC(=O)/C=C/c4cc(Cl)ccc4-n4cnnn4)C[C@H]3c3ccccc3)ccc12. The van der Waals surface area contributed by atoms with Crippen LogP contribution in [0.5, 0.6) is 0 Å². The van der Waals surface area contributed by atoms with E-state index in [4.69, 9.17) is 17.3 Å². The Morgan fingerprint density at radius 2 is 1.93 bits per heavy atom. The van der Waals surface area contributed by atoms with Gasteiger partial charge < -0.3 is 16.4 Å². The number of fused-ring (bicyclic) bond motifs is 1. The molecule has 6 rings (SSSR count). The fourth-order valence-corrected chi connectivity index (χ4v) is 5.06. The first-order chi connectivity index (χ1) is 19.4. The van der Waals surface area contributed by atoms with Crippen molar-refractivity contribution in [1.29, 1.82) is 0 Å². The molecule has 0 aliphatic heterocycles. The fourth-order valence-electron chi connectivity index (χ4n) is 4.88. The molecule has 1 aliphatic rings. The Morgan fingerprint density at radius 3 is 2.73 bits per heavy atom. The highest BCUT2D eigenvalue weighted by Crippen LogP contribution is 2.52. The maximum atomic E-state index is 13.7. The van der Waals surface area contributed by atoms with E-state index in [9.17, 15) is 9.59 Å². The number of pyridine rings is 1. The maximum Gasteiger partial charge on any atom is 0.250 e. The topological polar surface area (TPSA) is 141 Å². The zero-order chi connectivity index (χ0) is 27.7. The van der Waals surface area contributed by atoms with Gasteiger partial charge in [0.05, 0.1) is 5.69 Å². The molecule has 0 saturated heterocycles. The smallest absolute Gasteiger partial charge is 0.250 e. The molecule has 10 nitrogen and oxygen atoms in total. The third-order valence-corrected chi connectivity index (χ3v) is 7.20. The van der Waals surface area contributed by atoms with Crippen LogP contribution in [0.25, 0.3) is 22.5 Å². The third kappa shape index (κ3) is 4.87. The van der Waals surface area contributed by atoms with Crippen molar-refractivity contribution in [2.45, 2.75) is 17.9 Å². The Morgan fingerprint density at radius 1 is 1.07 bits per heavy atom. The van der Waals surface area contributed by atoms with Crippen LogP contribution in [-0.2, 0) is 9.59 Å². The number of hydrogen-bond acceptors (Lipinski definition) is 7. The van der Waals surface area contributed by atoms with Gasteiger partial charge in [0.1, 0.15) is 17.7 Å². The maximum absolute atomic E-state index is 13.7. The van der Waals surface area contributed by atoms with Gasteiger partial charge >= 0.3 is 0 Å². The monoisotopic (exact) mass is 550 g/mol.